The van der Waals surface area contributed by atoms with Gasteiger partial charge in [-0.25, -0.2) is 9.78 Å². The van der Waals surface area contributed by atoms with E-state index >= 15 is 0 Å². The molecule has 0 saturated carbocycles. The van der Waals surface area contributed by atoms with Crippen molar-refractivity contribution in [3.63, 3.8) is 0 Å². The highest BCUT2D eigenvalue weighted by Gasteiger charge is 2.25. The molecule has 2 aromatic carbocycles. The predicted octanol–water partition coefficient (Wildman–Crippen LogP) is 2.36. The Kier molecular flexibility index (Phi) is 11.6. The van der Waals surface area contributed by atoms with Crippen molar-refractivity contribution in [2.24, 2.45) is 11.1 Å². The van der Waals surface area contributed by atoms with Crippen LogP contribution >= 0.6 is 0 Å². The molecule has 4 rings (SSSR count). The minimum atomic E-state index is -1.41. The third-order valence-corrected chi connectivity index (χ3v) is 7.18. The first kappa shape index (κ1) is 38.0. The molecule has 0 bridgehead atoms. The number of esters is 1. The number of ether oxygens (including phenoxy) is 3. The number of hydrogen-bond acceptors (Lipinski definition) is 14. The van der Waals surface area contributed by atoms with Gasteiger partial charge in [0.1, 0.15) is 11.3 Å². The second-order valence-electron chi connectivity index (χ2n) is 12.0. The summed E-state index contributed by atoms with van der Waals surface area (Å²) in [5.74, 6) is -5.94. The molecule has 1 atom stereocenters. The minimum Gasteiger partial charge on any atom is -0.504 e. The number of nitrogens with zero attached hydrogens (tertiary/aromatic N) is 4. The zero-order valence-electron chi connectivity index (χ0n) is 28.6. The number of carbonyl (C=O) groups is 5. The molecule has 0 unspecified atom stereocenters. The van der Waals surface area contributed by atoms with Gasteiger partial charge >= 0.3 is 11.9 Å². The van der Waals surface area contributed by atoms with Crippen molar-refractivity contribution < 1.29 is 53.5 Å². The lowest BCUT2D eigenvalue weighted by molar-refractivity contribution is -0.157. The summed E-state index contributed by atoms with van der Waals surface area (Å²) in [5.41, 5.74) is 5.06. The summed E-state index contributed by atoms with van der Waals surface area (Å²) < 4.78 is 15.5. The van der Waals surface area contributed by atoms with Crippen molar-refractivity contribution in [3.05, 3.63) is 71.3 Å². The fourth-order valence-corrected chi connectivity index (χ4v) is 4.46. The number of carboxylic acids is 1. The van der Waals surface area contributed by atoms with Gasteiger partial charge in [0.15, 0.2) is 23.0 Å². The van der Waals surface area contributed by atoms with Crippen LogP contribution in [0, 0.1) is 5.41 Å². The number of benzene rings is 2. The van der Waals surface area contributed by atoms with Crippen molar-refractivity contribution in [1.29, 1.82) is 0 Å². The summed E-state index contributed by atoms with van der Waals surface area (Å²) in [4.78, 5) is 67.2. The van der Waals surface area contributed by atoms with Crippen LogP contribution in [0.15, 0.2) is 48.8 Å². The maximum absolute atomic E-state index is 13.0. The van der Waals surface area contributed by atoms with Gasteiger partial charge in [-0.3, -0.25) is 19.2 Å². The molecule has 274 valence electrons. The number of anilines is 3. The van der Waals surface area contributed by atoms with E-state index in [1.807, 2.05) is 0 Å². The molecular formula is C33H36N8O11. The van der Waals surface area contributed by atoms with Gasteiger partial charge in [-0.2, -0.15) is 10.2 Å². The second kappa shape index (κ2) is 15.9. The molecule has 3 amide bonds. The van der Waals surface area contributed by atoms with Crippen LogP contribution in [0.5, 0.6) is 23.0 Å². The van der Waals surface area contributed by atoms with E-state index in [1.54, 1.807) is 20.8 Å². The summed E-state index contributed by atoms with van der Waals surface area (Å²) in [6, 6.07) is 6.47. The van der Waals surface area contributed by atoms with Crippen molar-refractivity contribution >= 4 is 46.7 Å². The molecule has 4 aromatic rings. The van der Waals surface area contributed by atoms with E-state index in [4.69, 9.17) is 19.9 Å². The molecule has 0 aliphatic carbocycles. The van der Waals surface area contributed by atoms with E-state index in [9.17, 15) is 39.3 Å². The number of rotatable bonds is 13. The van der Waals surface area contributed by atoms with E-state index in [-0.39, 0.29) is 53.0 Å². The van der Waals surface area contributed by atoms with Crippen LogP contribution in [0.3, 0.4) is 0 Å². The number of nitrogens with two attached hydrogens (primary N) is 1. The Morgan fingerprint density at radius 2 is 1.44 bits per heavy atom. The molecule has 19 nitrogen and oxygen atoms in total. The third-order valence-electron chi connectivity index (χ3n) is 7.18. The van der Waals surface area contributed by atoms with Gasteiger partial charge in [-0.1, -0.05) is 0 Å². The molecule has 0 fully saturated rings. The van der Waals surface area contributed by atoms with Crippen LogP contribution in [-0.2, 0) is 27.5 Å². The van der Waals surface area contributed by atoms with Crippen LogP contribution in [0.1, 0.15) is 57.7 Å². The topological polar surface area (TPSA) is 279 Å². The number of carboxylic acid groups (broad SMARTS) is 1. The van der Waals surface area contributed by atoms with E-state index in [1.165, 1.54) is 56.9 Å². The van der Waals surface area contributed by atoms with Crippen LogP contribution in [-0.4, -0.2) is 85.2 Å². The van der Waals surface area contributed by atoms with Gasteiger partial charge in [-0.15, -0.1) is 4.80 Å². The highest BCUT2D eigenvalue weighted by atomic mass is 16.5. The number of aromatic hydroxyl groups is 2. The minimum absolute atomic E-state index is 0.0166. The first-order valence-electron chi connectivity index (χ1n) is 15.3. The number of carbonyl (C=O) groups excluding carboxylic acids is 4. The summed E-state index contributed by atoms with van der Waals surface area (Å²) in [5, 5.41) is 46.0. The Labute approximate surface area is 295 Å². The number of aromatic carboxylic acids is 1. The molecule has 8 N–H and O–H groups in total. The molecule has 0 aliphatic rings. The summed E-state index contributed by atoms with van der Waals surface area (Å²) >= 11 is 0. The number of methoxy groups -OCH3 is 2. The van der Waals surface area contributed by atoms with Gasteiger partial charge in [0, 0.05) is 6.42 Å². The maximum Gasteiger partial charge on any atom is 0.339 e. The normalized spacial score (nSPS) is 11.6. The van der Waals surface area contributed by atoms with Crippen molar-refractivity contribution in [2.45, 2.75) is 40.0 Å². The molecule has 52 heavy (non-hydrogen) atoms. The largest absolute Gasteiger partial charge is 0.504 e. The lowest BCUT2D eigenvalue weighted by Gasteiger charge is -2.16. The number of nitrogens with one attached hydrogen (secondary N) is 3. The summed E-state index contributed by atoms with van der Waals surface area (Å²) in [6.45, 7) is 4.95. The van der Waals surface area contributed by atoms with Crippen LogP contribution in [0.2, 0.25) is 0 Å². The lowest BCUT2D eigenvalue weighted by atomic mass is 9.98. The predicted molar refractivity (Wildman–Crippen MR) is 182 cm³/mol. The number of phenolic OH excluding ortho intramolecular Hbond substituents is 1. The average molecular weight is 721 g/mol. The van der Waals surface area contributed by atoms with E-state index < -0.39 is 58.2 Å². The molecule has 0 radical (unpaired) electrons. The Hall–Kier alpha value is -6.76. The average Bonchev–Trinajstić information content (AvgIpc) is 3.54. The van der Waals surface area contributed by atoms with Crippen molar-refractivity contribution in [3.8, 4) is 23.0 Å². The molecular weight excluding hydrogens is 684 g/mol. The number of aromatic nitrogens is 4. The zero-order valence-corrected chi connectivity index (χ0v) is 28.6. The fourth-order valence-electron chi connectivity index (χ4n) is 4.46. The highest BCUT2D eigenvalue weighted by Crippen LogP contribution is 2.40. The Morgan fingerprint density at radius 1 is 0.846 bits per heavy atom. The van der Waals surface area contributed by atoms with E-state index in [0.29, 0.717) is 5.69 Å². The van der Waals surface area contributed by atoms with Crippen molar-refractivity contribution in [1.82, 2.24) is 20.0 Å². The van der Waals surface area contributed by atoms with Gasteiger partial charge in [0.25, 0.3) is 11.8 Å². The third kappa shape index (κ3) is 8.87. The summed E-state index contributed by atoms with van der Waals surface area (Å²) in [6.07, 6.45) is 2.66. The van der Waals surface area contributed by atoms with Crippen LogP contribution in [0.25, 0.3) is 0 Å². The molecule has 0 spiro atoms. The molecule has 19 heteroatoms. The Balaban J connectivity index is 1.37. The van der Waals surface area contributed by atoms with Gasteiger partial charge in [0.05, 0.1) is 66.4 Å². The van der Waals surface area contributed by atoms with Crippen LogP contribution < -0.4 is 31.2 Å². The molecule has 0 aliphatic heterocycles. The summed E-state index contributed by atoms with van der Waals surface area (Å²) in [7, 11) is 2.36. The Morgan fingerprint density at radius 3 is 2.00 bits per heavy atom. The smallest absolute Gasteiger partial charge is 0.339 e. The molecule has 2 heterocycles. The number of amides is 3. The van der Waals surface area contributed by atoms with Gasteiger partial charge in [-0.05, 0) is 57.2 Å². The second-order valence-corrected chi connectivity index (χ2v) is 12.0. The van der Waals surface area contributed by atoms with E-state index in [2.05, 4.69) is 31.1 Å². The molecule has 2 aromatic heterocycles. The highest BCUT2D eigenvalue weighted by molar-refractivity contribution is 6.10. The Bertz CT molecular complexity index is 2010. The molecule has 0 saturated heterocycles. The van der Waals surface area contributed by atoms with Crippen molar-refractivity contribution in [2.75, 3.05) is 30.2 Å². The van der Waals surface area contributed by atoms with Crippen LogP contribution in [0.4, 0.5) is 17.1 Å². The maximum atomic E-state index is 13.0. The first-order chi connectivity index (χ1) is 24.5. The fraction of sp³-hybridized carbons (Fsp3) is 0.273. The van der Waals surface area contributed by atoms with Gasteiger partial charge in [0.2, 0.25) is 12.6 Å². The first-order valence-corrected chi connectivity index (χ1v) is 15.3. The monoisotopic (exact) mass is 720 g/mol. The van der Waals surface area contributed by atoms with Gasteiger partial charge < -0.3 is 51.2 Å². The number of hydrogen-bond donors (Lipinski definition) is 7. The number of phenols is 2. The SMILES string of the molecule is COc1c(NC(=O)c2ccc(NC(=O)c3ccc(NC(=O)[C@@H](N)Cc4cnn(COC(=O)C(C)(C)C)n4)cn3)c(OC)c2O)ccc(C(=O)O)c1O. The zero-order chi connectivity index (χ0) is 38.3. The quantitative estimate of drug-likeness (QED) is 0.0976. The van der Waals surface area contributed by atoms with E-state index in [0.717, 1.165) is 10.9 Å². The number of pyridine rings is 1. The lowest BCUT2D eigenvalue weighted by Crippen LogP contribution is -2.37. The standard InChI is InChI=1S/C33H36N8O11/c1-33(2,3)32(49)52-15-41-36-14-17(40-41)12-20(34)29(45)37-16-6-9-23(35-13-16)30(46)39-22-10-7-18(24(42)26(22)50-4)28(44)38-21-11-8-19(31(47)48)25(43)27(21)51-5/h6-11,13-14,20,42-43H,12,15,34H2,1-5H3,(H,37,45)(H,38,44)(H,39,46)(H,47,48)/t20-/m0/s1.